The van der Waals surface area contributed by atoms with Crippen molar-refractivity contribution in [3.8, 4) is 0 Å². The quantitative estimate of drug-likeness (QED) is 0.915. The second kappa shape index (κ2) is 5.50. The average Bonchev–Trinajstić information content (AvgIpc) is 2.76. The Kier molecular flexibility index (Phi) is 3.64. The Balaban J connectivity index is 1.78. The minimum atomic E-state index is -0.669. The van der Waals surface area contributed by atoms with Gasteiger partial charge in [-0.15, -0.1) is 0 Å². The average molecular weight is 312 g/mol. The summed E-state index contributed by atoms with van der Waals surface area (Å²) in [6.45, 7) is 3.74. The monoisotopic (exact) mass is 312 g/mol. The second-order valence-corrected chi connectivity index (χ2v) is 6.11. The normalized spacial score (nSPS) is 15.0. The first-order valence-corrected chi connectivity index (χ1v) is 7.37. The highest BCUT2D eigenvalue weighted by atomic mass is 19.1. The number of amides is 2. The van der Waals surface area contributed by atoms with Crippen molar-refractivity contribution in [1.29, 1.82) is 0 Å². The Morgan fingerprint density at radius 3 is 2.70 bits per heavy atom. The molecule has 0 saturated carbocycles. The number of rotatable bonds is 3. The number of hydrogen-bond acceptors (Lipinski definition) is 2. The predicted molar refractivity (Wildman–Crippen MR) is 85.7 cm³/mol. The van der Waals surface area contributed by atoms with Crippen LogP contribution in [0.25, 0.3) is 0 Å². The highest BCUT2D eigenvalue weighted by Gasteiger charge is 2.38. The van der Waals surface area contributed by atoms with Crippen molar-refractivity contribution < 1.29 is 14.0 Å². The number of benzene rings is 2. The molecule has 118 valence electrons. The molecule has 0 unspecified atom stereocenters. The van der Waals surface area contributed by atoms with E-state index in [2.05, 4.69) is 10.6 Å². The number of fused-ring (bicyclic) bond motifs is 1. The van der Waals surface area contributed by atoms with E-state index in [0.717, 1.165) is 11.3 Å². The first kappa shape index (κ1) is 15.2. The predicted octanol–water partition coefficient (Wildman–Crippen LogP) is 2.99. The molecule has 1 heterocycles. The van der Waals surface area contributed by atoms with E-state index in [0.29, 0.717) is 11.1 Å². The van der Waals surface area contributed by atoms with Crippen LogP contribution in [0.1, 0.15) is 35.3 Å². The molecule has 0 atom stereocenters. The SMILES string of the molecule is CC1(C)C(=O)Nc2ccc(C(=O)NCc3ccccc3F)cc21. The molecule has 0 aliphatic carbocycles. The highest BCUT2D eigenvalue weighted by molar-refractivity contribution is 6.07. The Morgan fingerprint density at radius 2 is 1.96 bits per heavy atom. The van der Waals surface area contributed by atoms with Gasteiger partial charge in [-0.25, -0.2) is 4.39 Å². The fraction of sp³-hybridized carbons (Fsp3) is 0.222. The molecule has 3 rings (SSSR count). The molecule has 2 N–H and O–H groups in total. The third-order valence-electron chi connectivity index (χ3n) is 4.17. The van der Waals surface area contributed by atoms with Crippen LogP contribution in [0, 0.1) is 5.82 Å². The minimum absolute atomic E-state index is 0.0867. The van der Waals surface area contributed by atoms with E-state index in [1.165, 1.54) is 6.07 Å². The zero-order valence-corrected chi connectivity index (χ0v) is 12.9. The van der Waals surface area contributed by atoms with Crippen LogP contribution in [-0.4, -0.2) is 11.8 Å². The molecule has 0 aromatic heterocycles. The number of hydrogen-bond donors (Lipinski definition) is 2. The van der Waals surface area contributed by atoms with Crippen molar-refractivity contribution in [2.75, 3.05) is 5.32 Å². The van der Waals surface area contributed by atoms with E-state index in [4.69, 9.17) is 0 Å². The lowest BCUT2D eigenvalue weighted by molar-refractivity contribution is -0.119. The van der Waals surface area contributed by atoms with Gasteiger partial charge in [-0.1, -0.05) is 18.2 Å². The van der Waals surface area contributed by atoms with Crippen LogP contribution < -0.4 is 10.6 Å². The van der Waals surface area contributed by atoms with Gasteiger partial charge in [0.15, 0.2) is 0 Å². The maximum Gasteiger partial charge on any atom is 0.251 e. The summed E-state index contributed by atoms with van der Waals surface area (Å²) >= 11 is 0. The molecule has 0 bridgehead atoms. The number of halogens is 1. The third-order valence-corrected chi connectivity index (χ3v) is 4.17. The smallest absolute Gasteiger partial charge is 0.251 e. The van der Waals surface area contributed by atoms with Gasteiger partial charge in [0.25, 0.3) is 5.91 Å². The number of carbonyl (C=O) groups is 2. The molecule has 2 aromatic carbocycles. The second-order valence-electron chi connectivity index (χ2n) is 6.11. The Labute approximate surface area is 133 Å². The number of anilines is 1. The highest BCUT2D eigenvalue weighted by Crippen LogP contribution is 2.37. The van der Waals surface area contributed by atoms with Gasteiger partial charge in [-0.05, 0) is 43.7 Å². The van der Waals surface area contributed by atoms with Gasteiger partial charge in [0.2, 0.25) is 5.91 Å². The maximum absolute atomic E-state index is 13.6. The molecule has 4 nitrogen and oxygen atoms in total. The molecular formula is C18H17FN2O2. The van der Waals surface area contributed by atoms with Crippen LogP contribution in [0.3, 0.4) is 0 Å². The van der Waals surface area contributed by atoms with Gasteiger partial charge in [0.1, 0.15) is 5.82 Å². The van der Waals surface area contributed by atoms with E-state index >= 15 is 0 Å². The lowest BCUT2D eigenvalue weighted by Gasteiger charge is -2.15. The first-order chi connectivity index (χ1) is 10.9. The van der Waals surface area contributed by atoms with E-state index in [-0.39, 0.29) is 24.2 Å². The Hall–Kier alpha value is -2.69. The van der Waals surface area contributed by atoms with Crippen molar-refractivity contribution in [2.45, 2.75) is 25.8 Å². The largest absolute Gasteiger partial charge is 0.348 e. The van der Waals surface area contributed by atoms with E-state index in [1.54, 1.807) is 36.4 Å². The molecule has 5 heteroatoms. The van der Waals surface area contributed by atoms with E-state index < -0.39 is 5.41 Å². The van der Waals surface area contributed by atoms with Crippen LogP contribution in [0.2, 0.25) is 0 Å². The van der Waals surface area contributed by atoms with E-state index in [9.17, 15) is 14.0 Å². The van der Waals surface area contributed by atoms with Gasteiger partial charge >= 0.3 is 0 Å². The lowest BCUT2D eigenvalue weighted by Crippen LogP contribution is -2.27. The summed E-state index contributed by atoms with van der Waals surface area (Å²) in [5.41, 5.74) is 1.73. The van der Waals surface area contributed by atoms with Gasteiger partial charge in [0, 0.05) is 23.4 Å². The van der Waals surface area contributed by atoms with Gasteiger partial charge < -0.3 is 10.6 Å². The zero-order chi connectivity index (χ0) is 16.6. The van der Waals surface area contributed by atoms with Gasteiger partial charge in [0.05, 0.1) is 5.41 Å². The molecule has 1 aliphatic heterocycles. The summed E-state index contributed by atoms with van der Waals surface area (Å²) in [6, 6.07) is 11.4. The summed E-state index contributed by atoms with van der Waals surface area (Å²) in [5, 5.41) is 5.50. The van der Waals surface area contributed by atoms with Crippen molar-refractivity contribution in [3.05, 3.63) is 65.0 Å². The molecule has 2 amide bonds. The Morgan fingerprint density at radius 1 is 1.22 bits per heavy atom. The summed E-state index contributed by atoms with van der Waals surface area (Å²) < 4.78 is 13.6. The zero-order valence-electron chi connectivity index (χ0n) is 12.9. The molecule has 23 heavy (non-hydrogen) atoms. The molecular weight excluding hydrogens is 295 g/mol. The fourth-order valence-corrected chi connectivity index (χ4v) is 2.63. The summed E-state index contributed by atoms with van der Waals surface area (Å²) in [6.07, 6.45) is 0. The van der Waals surface area contributed by atoms with Crippen molar-refractivity contribution in [3.63, 3.8) is 0 Å². The van der Waals surface area contributed by atoms with Crippen LogP contribution in [0.5, 0.6) is 0 Å². The molecule has 0 spiro atoms. The fourth-order valence-electron chi connectivity index (χ4n) is 2.63. The van der Waals surface area contributed by atoms with Gasteiger partial charge in [-0.3, -0.25) is 9.59 Å². The van der Waals surface area contributed by atoms with E-state index in [1.807, 2.05) is 13.8 Å². The van der Waals surface area contributed by atoms with Crippen molar-refractivity contribution in [2.24, 2.45) is 0 Å². The molecule has 1 aliphatic rings. The molecule has 0 radical (unpaired) electrons. The topological polar surface area (TPSA) is 58.2 Å². The van der Waals surface area contributed by atoms with Crippen LogP contribution in [-0.2, 0) is 16.8 Å². The summed E-state index contributed by atoms with van der Waals surface area (Å²) in [7, 11) is 0. The van der Waals surface area contributed by atoms with Crippen LogP contribution >= 0.6 is 0 Å². The standard InChI is InChI=1S/C18H17FN2O2/c1-18(2)13-9-11(7-8-15(13)21-17(18)23)16(22)20-10-12-5-3-4-6-14(12)19/h3-9H,10H2,1-2H3,(H,20,22)(H,21,23). The third kappa shape index (κ3) is 2.70. The summed E-state index contributed by atoms with van der Waals surface area (Å²) in [5.74, 6) is -0.736. The van der Waals surface area contributed by atoms with Crippen LogP contribution in [0.15, 0.2) is 42.5 Å². The lowest BCUT2D eigenvalue weighted by atomic mass is 9.85. The number of carbonyl (C=O) groups excluding carboxylic acids is 2. The first-order valence-electron chi connectivity index (χ1n) is 7.37. The van der Waals surface area contributed by atoms with Gasteiger partial charge in [-0.2, -0.15) is 0 Å². The molecule has 0 fully saturated rings. The minimum Gasteiger partial charge on any atom is -0.348 e. The summed E-state index contributed by atoms with van der Waals surface area (Å²) in [4.78, 5) is 24.2. The number of nitrogens with one attached hydrogen (secondary N) is 2. The van der Waals surface area contributed by atoms with Crippen LogP contribution in [0.4, 0.5) is 10.1 Å². The van der Waals surface area contributed by atoms with Crippen molar-refractivity contribution >= 4 is 17.5 Å². The molecule has 2 aromatic rings. The Bertz CT molecular complexity index is 799. The molecule has 0 saturated heterocycles. The van der Waals surface area contributed by atoms with Crippen molar-refractivity contribution in [1.82, 2.24) is 5.32 Å². The maximum atomic E-state index is 13.6.